The number of halogens is 1. The highest BCUT2D eigenvalue weighted by atomic mass is 35.5. The van der Waals surface area contributed by atoms with Crippen LogP contribution in [0.25, 0.3) is 0 Å². The van der Waals surface area contributed by atoms with Gasteiger partial charge in [0.2, 0.25) is 5.91 Å². The number of hydrogen-bond acceptors (Lipinski definition) is 3. The van der Waals surface area contributed by atoms with Gasteiger partial charge in [-0.2, -0.15) is 0 Å². The number of carboxylic acids is 1. The fourth-order valence-corrected chi connectivity index (χ4v) is 2.35. The second kappa shape index (κ2) is 4.49. The zero-order chi connectivity index (χ0) is 13.3. The summed E-state index contributed by atoms with van der Waals surface area (Å²) in [5.41, 5.74) is 5.03. The van der Waals surface area contributed by atoms with E-state index in [1.807, 2.05) is 0 Å². The number of primary amides is 1. The lowest BCUT2D eigenvalue weighted by molar-refractivity contribution is -0.148. The van der Waals surface area contributed by atoms with Crippen molar-refractivity contribution < 1.29 is 14.7 Å². The maximum atomic E-state index is 11.5. The average Bonchev–Trinajstić information content (AvgIpc) is 2.21. The summed E-state index contributed by atoms with van der Waals surface area (Å²) in [4.78, 5) is 22.3. The molecule has 0 aromatic heterocycles. The minimum atomic E-state index is -0.978. The highest BCUT2D eigenvalue weighted by Crippen LogP contribution is 2.40. The molecule has 5 nitrogen and oxygen atoms in total. The number of carbonyl (C=O) groups is 2. The third kappa shape index (κ3) is 2.26. The molecule has 1 fully saturated rings. The van der Waals surface area contributed by atoms with E-state index in [2.05, 4.69) is 5.32 Å². The minimum absolute atomic E-state index is 0.199. The van der Waals surface area contributed by atoms with Crippen LogP contribution < -0.4 is 11.1 Å². The summed E-state index contributed by atoms with van der Waals surface area (Å²) < 4.78 is 0. The Morgan fingerprint density at radius 3 is 2.61 bits per heavy atom. The molecular weight excluding hydrogens is 256 g/mol. The Balaban J connectivity index is 2.14. The van der Waals surface area contributed by atoms with Crippen molar-refractivity contribution in [3.05, 3.63) is 29.3 Å². The molecule has 0 radical (unpaired) electrons. The van der Waals surface area contributed by atoms with Crippen LogP contribution in [0.1, 0.15) is 12.8 Å². The van der Waals surface area contributed by atoms with Crippen molar-refractivity contribution in [1.29, 1.82) is 0 Å². The van der Waals surface area contributed by atoms with E-state index in [0.717, 1.165) is 0 Å². The molecule has 1 saturated carbocycles. The second-order valence-electron chi connectivity index (χ2n) is 4.53. The molecule has 1 amide bonds. The highest BCUT2D eigenvalue weighted by molar-refractivity contribution is 6.30. The summed E-state index contributed by atoms with van der Waals surface area (Å²) in [6.07, 6.45) is 0.397. The van der Waals surface area contributed by atoms with Crippen molar-refractivity contribution in [1.82, 2.24) is 0 Å². The first-order valence-corrected chi connectivity index (χ1v) is 5.87. The zero-order valence-corrected chi connectivity index (χ0v) is 10.3. The molecule has 1 aromatic carbocycles. The van der Waals surface area contributed by atoms with E-state index in [4.69, 9.17) is 22.4 Å². The number of carbonyl (C=O) groups excluding carboxylic acids is 1. The topological polar surface area (TPSA) is 92.4 Å². The standard InChI is InChI=1S/C12H13ClN2O3/c13-8-2-1-3-9(4-8)15-12(11(14)18)5-7(6-12)10(16)17/h1-4,7,15H,5-6H2,(H2,14,18)(H,16,17). The molecule has 0 aliphatic heterocycles. The second-order valence-corrected chi connectivity index (χ2v) is 4.96. The Labute approximate surface area is 109 Å². The minimum Gasteiger partial charge on any atom is -0.481 e. The van der Waals surface area contributed by atoms with Crippen LogP contribution >= 0.6 is 11.6 Å². The molecule has 0 saturated heterocycles. The lowest BCUT2D eigenvalue weighted by Gasteiger charge is -2.44. The number of hydrogen-bond donors (Lipinski definition) is 3. The fraction of sp³-hybridized carbons (Fsp3) is 0.333. The fourth-order valence-electron chi connectivity index (χ4n) is 2.16. The monoisotopic (exact) mass is 268 g/mol. The van der Waals surface area contributed by atoms with E-state index in [0.29, 0.717) is 10.7 Å². The van der Waals surface area contributed by atoms with Crippen molar-refractivity contribution in [2.45, 2.75) is 18.4 Å². The van der Waals surface area contributed by atoms with E-state index in [-0.39, 0.29) is 12.8 Å². The molecule has 0 bridgehead atoms. The van der Waals surface area contributed by atoms with E-state index < -0.39 is 23.3 Å². The molecule has 1 aliphatic carbocycles. The van der Waals surface area contributed by atoms with Gasteiger partial charge < -0.3 is 16.2 Å². The van der Waals surface area contributed by atoms with Gasteiger partial charge in [0.05, 0.1) is 5.92 Å². The number of anilines is 1. The lowest BCUT2D eigenvalue weighted by atomic mass is 9.67. The lowest BCUT2D eigenvalue weighted by Crippen LogP contribution is -2.60. The molecule has 0 spiro atoms. The van der Waals surface area contributed by atoms with Gasteiger partial charge in [0.25, 0.3) is 0 Å². The van der Waals surface area contributed by atoms with Gasteiger partial charge in [0.15, 0.2) is 0 Å². The van der Waals surface area contributed by atoms with Crippen LogP contribution in [0.2, 0.25) is 5.02 Å². The van der Waals surface area contributed by atoms with Crippen LogP contribution in [0.4, 0.5) is 5.69 Å². The van der Waals surface area contributed by atoms with E-state index in [9.17, 15) is 9.59 Å². The molecular formula is C12H13ClN2O3. The number of benzene rings is 1. The number of rotatable bonds is 4. The van der Waals surface area contributed by atoms with Crippen LogP contribution in [0.15, 0.2) is 24.3 Å². The predicted octanol–water partition coefficient (Wildman–Crippen LogP) is 1.47. The number of carboxylic acid groups (broad SMARTS) is 1. The quantitative estimate of drug-likeness (QED) is 0.771. The van der Waals surface area contributed by atoms with Crippen molar-refractivity contribution in [2.75, 3.05) is 5.32 Å². The smallest absolute Gasteiger partial charge is 0.306 e. The third-order valence-corrected chi connectivity index (χ3v) is 3.45. The molecule has 1 aromatic rings. The summed E-state index contributed by atoms with van der Waals surface area (Å²) in [5.74, 6) is -1.97. The Morgan fingerprint density at radius 1 is 1.44 bits per heavy atom. The Kier molecular flexibility index (Phi) is 3.17. The van der Waals surface area contributed by atoms with Crippen LogP contribution in [-0.4, -0.2) is 22.5 Å². The number of aliphatic carboxylic acids is 1. The maximum absolute atomic E-state index is 11.5. The summed E-state index contributed by atoms with van der Waals surface area (Å²) >= 11 is 5.84. The Bertz CT molecular complexity index is 498. The van der Waals surface area contributed by atoms with Crippen molar-refractivity contribution in [2.24, 2.45) is 11.7 Å². The molecule has 0 heterocycles. The zero-order valence-electron chi connectivity index (χ0n) is 9.52. The van der Waals surface area contributed by atoms with Crippen molar-refractivity contribution in [3.63, 3.8) is 0 Å². The maximum Gasteiger partial charge on any atom is 0.306 e. The van der Waals surface area contributed by atoms with E-state index in [1.165, 1.54) is 0 Å². The van der Waals surface area contributed by atoms with Gasteiger partial charge in [0.1, 0.15) is 5.54 Å². The third-order valence-electron chi connectivity index (χ3n) is 3.22. The molecule has 0 unspecified atom stereocenters. The molecule has 18 heavy (non-hydrogen) atoms. The highest BCUT2D eigenvalue weighted by Gasteiger charge is 2.52. The van der Waals surface area contributed by atoms with E-state index >= 15 is 0 Å². The van der Waals surface area contributed by atoms with Crippen LogP contribution in [0, 0.1) is 5.92 Å². The normalized spacial score (nSPS) is 26.2. The molecule has 1 aliphatic rings. The van der Waals surface area contributed by atoms with Crippen LogP contribution in [0.3, 0.4) is 0 Å². The summed E-state index contributed by atoms with van der Waals surface area (Å²) in [7, 11) is 0. The van der Waals surface area contributed by atoms with Gasteiger partial charge in [-0.05, 0) is 31.0 Å². The van der Waals surface area contributed by atoms with E-state index in [1.54, 1.807) is 24.3 Å². The first-order chi connectivity index (χ1) is 8.43. The van der Waals surface area contributed by atoms with Gasteiger partial charge in [-0.15, -0.1) is 0 Å². The first-order valence-electron chi connectivity index (χ1n) is 5.49. The number of nitrogens with one attached hydrogen (secondary N) is 1. The van der Waals surface area contributed by atoms with Gasteiger partial charge in [-0.25, -0.2) is 0 Å². The molecule has 4 N–H and O–H groups in total. The van der Waals surface area contributed by atoms with Gasteiger partial charge in [-0.3, -0.25) is 9.59 Å². The largest absolute Gasteiger partial charge is 0.481 e. The molecule has 6 heteroatoms. The van der Waals surface area contributed by atoms with Crippen LogP contribution in [-0.2, 0) is 9.59 Å². The van der Waals surface area contributed by atoms with Crippen molar-refractivity contribution >= 4 is 29.2 Å². The molecule has 96 valence electrons. The first kappa shape index (κ1) is 12.7. The molecule has 2 rings (SSSR count). The Morgan fingerprint density at radius 2 is 2.11 bits per heavy atom. The van der Waals surface area contributed by atoms with Gasteiger partial charge >= 0.3 is 5.97 Å². The summed E-state index contributed by atoms with van der Waals surface area (Å²) in [5, 5.41) is 12.4. The number of nitrogens with two attached hydrogens (primary N) is 1. The Hall–Kier alpha value is -1.75. The number of amides is 1. The van der Waals surface area contributed by atoms with Crippen molar-refractivity contribution in [3.8, 4) is 0 Å². The van der Waals surface area contributed by atoms with Gasteiger partial charge in [-0.1, -0.05) is 17.7 Å². The summed E-state index contributed by atoms with van der Waals surface area (Å²) in [6, 6.07) is 6.88. The van der Waals surface area contributed by atoms with Crippen LogP contribution in [0.5, 0.6) is 0 Å². The molecule has 0 atom stereocenters. The predicted molar refractivity (Wildman–Crippen MR) is 67.4 cm³/mol. The SMILES string of the molecule is NC(=O)C1(Nc2cccc(Cl)c2)CC(C(=O)O)C1. The van der Waals surface area contributed by atoms with Gasteiger partial charge in [0, 0.05) is 10.7 Å². The average molecular weight is 269 g/mol. The summed E-state index contributed by atoms with van der Waals surface area (Å²) in [6.45, 7) is 0.